The Hall–Kier alpha value is -2.83. The lowest BCUT2D eigenvalue weighted by Crippen LogP contribution is -2.22. The number of anilines is 1. The van der Waals surface area contributed by atoms with Crippen LogP contribution in [0.15, 0.2) is 48.5 Å². The van der Waals surface area contributed by atoms with Crippen molar-refractivity contribution in [1.82, 2.24) is 0 Å². The first-order valence-electron chi connectivity index (χ1n) is 7.93. The number of amides is 1. The molecule has 0 spiro atoms. The van der Waals surface area contributed by atoms with Crippen LogP contribution in [-0.4, -0.2) is 17.0 Å². The molecule has 0 aliphatic rings. The van der Waals surface area contributed by atoms with Crippen LogP contribution in [0.3, 0.4) is 0 Å². The second kappa shape index (κ2) is 8.03. The Morgan fingerprint density at radius 2 is 1.73 bits per heavy atom. The van der Waals surface area contributed by atoms with E-state index >= 15 is 0 Å². The number of carbonyl (C=O) groups is 2. The molecule has 0 aliphatic carbocycles. The smallest absolute Gasteiger partial charge is 0.416 e. The summed E-state index contributed by atoms with van der Waals surface area (Å²) in [5, 5.41) is 11.4. The molecule has 2 rings (SSSR count). The summed E-state index contributed by atoms with van der Waals surface area (Å²) < 4.78 is 38.2. The molecule has 0 fully saturated rings. The lowest BCUT2D eigenvalue weighted by atomic mass is 9.98. The Kier molecular flexibility index (Phi) is 6.02. The summed E-state index contributed by atoms with van der Waals surface area (Å²) in [6.07, 6.45) is -4.35. The molecule has 0 bridgehead atoms. The first-order chi connectivity index (χ1) is 12.1. The number of carboxylic acids is 1. The largest absolute Gasteiger partial charge is 0.481 e. The number of carboxylic acid groups (broad SMARTS) is 1. The molecule has 0 heterocycles. The summed E-state index contributed by atoms with van der Waals surface area (Å²) >= 11 is 0. The van der Waals surface area contributed by atoms with Crippen molar-refractivity contribution in [3.05, 3.63) is 65.2 Å². The molecule has 2 aromatic carbocycles. The van der Waals surface area contributed by atoms with Gasteiger partial charge < -0.3 is 10.4 Å². The summed E-state index contributed by atoms with van der Waals surface area (Å²) in [6.45, 7) is 1.63. The number of rotatable bonds is 6. The molecule has 1 atom stereocenters. The second-order valence-electron chi connectivity index (χ2n) is 6.06. The second-order valence-corrected chi connectivity index (χ2v) is 6.06. The highest BCUT2D eigenvalue weighted by molar-refractivity contribution is 5.92. The molecule has 2 aromatic rings. The van der Waals surface area contributed by atoms with Gasteiger partial charge in [0.05, 0.1) is 12.0 Å². The molecule has 138 valence electrons. The van der Waals surface area contributed by atoms with Crippen LogP contribution < -0.4 is 5.32 Å². The van der Waals surface area contributed by atoms with Crippen molar-refractivity contribution in [3.63, 3.8) is 0 Å². The predicted octanol–water partition coefficient (Wildman–Crippen LogP) is 4.15. The number of hydrogen-bond donors (Lipinski definition) is 2. The Morgan fingerprint density at radius 1 is 1.08 bits per heavy atom. The van der Waals surface area contributed by atoms with Gasteiger partial charge in [-0.15, -0.1) is 0 Å². The fraction of sp³-hybridized carbons (Fsp3) is 0.263. The molecule has 7 heteroatoms. The standard InChI is InChI=1S/C19H18F3NO3/c1-12(9-14-3-2-4-15(10-14)19(20,21)22)18(26)23-16-7-5-13(6-8-16)11-17(24)25/h2-8,10,12H,9,11H2,1H3,(H,23,26)(H,24,25). The average Bonchev–Trinajstić information content (AvgIpc) is 2.55. The summed E-state index contributed by atoms with van der Waals surface area (Å²) in [7, 11) is 0. The van der Waals surface area contributed by atoms with Crippen molar-refractivity contribution >= 4 is 17.6 Å². The van der Waals surface area contributed by atoms with Gasteiger partial charge in [0.2, 0.25) is 5.91 Å². The first kappa shape index (κ1) is 19.5. The third kappa shape index (κ3) is 5.61. The summed E-state index contributed by atoms with van der Waals surface area (Å²) in [6, 6.07) is 11.3. The van der Waals surface area contributed by atoms with Gasteiger partial charge in [0, 0.05) is 11.6 Å². The van der Waals surface area contributed by atoms with Crippen LogP contribution in [0, 0.1) is 5.92 Å². The molecular formula is C19H18F3NO3. The van der Waals surface area contributed by atoms with E-state index in [0.29, 0.717) is 16.8 Å². The maximum absolute atomic E-state index is 12.7. The number of nitrogens with one attached hydrogen (secondary N) is 1. The fourth-order valence-electron chi connectivity index (χ4n) is 2.47. The fourth-order valence-corrected chi connectivity index (χ4v) is 2.47. The number of carbonyl (C=O) groups excluding carboxylic acids is 1. The monoisotopic (exact) mass is 365 g/mol. The van der Waals surface area contributed by atoms with E-state index in [-0.39, 0.29) is 18.7 Å². The molecule has 0 saturated carbocycles. The molecule has 0 aromatic heterocycles. The van der Waals surface area contributed by atoms with Crippen LogP contribution in [-0.2, 0) is 28.6 Å². The molecule has 2 N–H and O–H groups in total. The Labute approximate surface area is 148 Å². The van der Waals surface area contributed by atoms with E-state index in [1.54, 1.807) is 37.3 Å². The zero-order valence-corrected chi connectivity index (χ0v) is 14.0. The number of aliphatic carboxylic acids is 1. The predicted molar refractivity (Wildman–Crippen MR) is 90.7 cm³/mol. The molecule has 26 heavy (non-hydrogen) atoms. The van der Waals surface area contributed by atoms with Crippen molar-refractivity contribution in [2.75, 3.05) is 5.32 Å². The topological polar surface area (TPSA) is 66.4 Å². The van der Waals surface area contributed by atoms with E-state index in [4.69, 9.17) is 5.11 Å². The van der Waals surface area contributed by atoms with Gasteiger partial charge in [-0.2, -0.15) is 13.2 Å². The van der Waals surface area contributed by atoms with E-state index in [9.17, 15) is 22.8 Å². The maximum Gasteiger partial charge on any atom is 0.416 e. The molecule has 1 unspecified atom stereocenters. The Balaban J connectivity index is 1.98. The highest BCUT2D eigenvalue weighted by Crippen LogP contribution is 2.30. The molecular weight excluding hydrogens is 347 g/mol. The van der Waals surface area contributed by atoms with Gasteiger partial charge >= 0.3 is 12.1 Å². The van der Waals surface area contributed by atoms with E-state index in [0.717, 1.165) is 12.1 Å². The van der Waals surface area contributed by atoms with Gasteiger partial charge in [-0.05, 0) is 35.7 Å². The number of halogens is 3. The lowest BCUT2D eigenvalue weighted by Gasteiger charge is -2.14. The minimum Gasteiger partial charge on any atom is -0.481 e. The van der Waals surface area contributed by atoms with Gasteiger partial charge in [-0.1, -0.05) is 37.3 Å². The zero-order chi connectivity index (χ0) is 19.3. The van der Waals surface area contributed by atoms with Gasteiger partial charge in [0.25, 0.3) is 0 Å². The Morgan fingerprint density at radius 3 is 2.31 bits per heavy atom. The molecule has 0 saturated heterocycles. The van der Waals surface area contributed by atoms with Crippen molar-refractivity contribution in [3.8, 4) is 0 Å². The van der Waals surface area contributed by atoms with Crippen LogP contribution >= 0.6 is 0 Å². The van der Waals surface area contributed by atoms with E-state index in [1.165, 1.54) is 6.07 Å². The molecule has 0 radical (unpaired) electrons. The van der Waals surface area contributed by atoms with Gasteiger partial charge in [0.15, 0.2) is 0 Å². The number of hydrogen-bond acceptors (Lipinski definition) is 2. The third-order valence-electron chi connectivity index (χ3n) is 3.82. The normalized spacial score (nSPS) is 12.5. The van der Waals surface area contributed by atoms with Crippen molar-refractivity contribution in [1.29, 1.82) is 0 Å². The third-order valence-corrected chi connectivity index (χ3v) is 3.82. The SMILES string of the molecule is CC(Cc1cccc(C(F)(F)F)c1)C(=O)Nc1ccc(CC(=O)O)cc1. The molecule has 4 nitrogen and oxygen atoms in total. The minimum atomic E-state index is -4.42. The van der Waals surface area contributed by atoms with E-state index in [1.807, 2.05) is 0 Å². The van der Waals surface area contributed by atoms with E-state index < -0.39 is 23.6 Å². The molecule has 0 aliphatic heterocycles. The lowest BCUT2D eigenvalue weighted by molar-refractivity contribution is -0.138. The van der Waals surface area contributed by atoms with Crippen LogP contribution in [0.25, 0.3) is 0 Å². The van der Waals surface area contributed by atoms with Gasteiger partial charge in [-0.3, -0.25) is 9.59 Å². The van der Waals surface area contributed by atoms with Crippen LogP contribution in [0.1, 0.15) is 23.6 Å². The van der Waals surface area contributed by atoms with Crippen molar-refractivity contribution in [2.24, 2.45) is 5.92 Å². The van der Waals surface area contributed by atoms with Gasteiger partial charge in [-0.25, -0.2) is 0 Å². The average molecular weight is 365 g/mol. The van der Waals surface area contributed by atoms with Crippen LogP contribution in [0.2, 0.25) is 0 Å². The van der Waals surface area contributed by atoms with Crippen molar-refractivity contribution in [2.45, 2.75) is 25.9 Å². The number of benzene rings is 2. The highest BCUT2D eigenvalue weighted by Gasteiger charge is 2.30. The quantitative estimate of drug-likeness (QED) is 0.808. The first-order valence-corrected chi connectivity index (χ1v) is 7.93. The Bertz CT molecular complexity index is 785. The van der Waals surface area contributed by atoms with E-state index in [2.05, 4.69) is 5.32 Å². The maximum atomic E-state index is 12.7. The molecule has 1 amide bonds. The summed E-state index contributed by atoms with van der Waals surface area (Å²) in [5.74, 6) is -1.80. The summed E-state index contributed by atoms with van der Waals surface area (Å²) in [5.41, 5.74) is 0.795. The summed E-state index contributed by atoms with van der Waals surface area (Å²) in [4.78, 5) is 22.9. The van der Waals surface area contributed by atoms with Crippen LogP contribution in [0.4, 0.5) is 18.9 Å². The minimum absolute atomic E-state index is 0.111. The number of alkyl halides is 3. The van der Waals surface area contributed by atoms with Crippen molar-refractivity contribution < 1.29 is 27.9 Å². The highest BCUT2D eigenvalue weighted by atomic mass is 19.4. The van der Waals surface area contributed by atoms with Gasteiger partial charge in [0.1, 0.15) is 0 Å². The zero-order valence-electron chi connectivity index (χ0n) is 14.0. The van der Waals surface area contributed by atoms with Crippen LogP contribution in [0.5, 0.6) is 0 Å².